The van der Waals surface area contributed by atoms with Crippen molar-refractivity contribution < 1.29 is 125 Å². The van der Waals surface area contributed by atoms with Crippen LogP contribution in [0.3, 0.4) is 0 Å². The van der Waals surface area contributed by atoms with Crippen LogP contribution in [0.4, 0.5) is 105 Å². The van der Waals surface area contributed by atoms with E-state index >= 15 is 0 Å². The topological polar surface area (TPSA) is 0 Å². The Bertz CT molecular complexity index is 1600. The summed E-state index contributed by atoms with van der Waals surface area (Å²) < 4.78 is 327. The predicted octanol–water partition coefficient (Wildman–Crippen LogP) is 11.7. The van der Waals surface area contributed by atoms with Crippen LogP contribution in [0.1, 0.15) is 33.4 Å². The molecule has 0 saturated heterocycles. The zero-order valence-corrected chi connectivity index (χ0v) is 27.0. The second-order valence-electron chi connectivity index (χ2n) is 9.31. The van der Waals surface area contributed by atoms with E-state index in [-0.39, 0.29) is 19.5 Å². The summed E-state index contributed by atoms with van der Waals surface area (Å²) in [5, 5.41) is -9.65. The maximum absolute atomic E-state index is 14.2. The van der Waals surface area contributed by atoms with E-state index in [9.17, 15) is 105 Å². The van der Waals surface area contributed by atoms with Gasteiger partial charge in [-0.3, -0.25) is 0 Å². The Labute approximate surface area is 285 Å². The normalized spacial score (nSPS) is 17.3. The summed E-state index contributed by atoms with van der Waals surface area (Å²) >= 11 is 8.43. The fraction of sp³-hybridized carbons (Fsp3) is 0.250. The van der Waals surface area contributed by atoms with Crippen LogP contribution in [0.15, 0.2) is 0 Å². The zero-order valence-electron chi connectivity index (χ0n) is 22.5. The van der Waals surface area contributed by atoms with Gasteiger partial charge < -0.3 is 0 Å². The number of rotatable bonds is 2. The average molecular weight is 881 g/mol. The van der Waals surface area contributed by atoms with Gasteiger partial charge in [0.25, 0.3) is 0 Å². The Balaban J connectivity index is 0.000000405. The molecule has 0 atom stereocenters. The molecule has 0 nitrogen and oxygen atoms in total. The van der Waals surface area contributed by atoms with Crippen molar-refractivity contribution in [2.75, 3.05) is 0 Å². The van der Waals surface area contributed by atoms with E-state index < -0.39 is 138 Å². The van der Waals surface area contributed by atoms with Gasteiger partial charge in [-0.1, -0.05) is 0 Å². The molecule has 0 aromatic heterocycles. The molecule has 27 heteroatoms. The van der Waals surface area contributed by atoms with Crippen LogP contribution in [-0.4, -0.2) is 0 Å². The van der Waals surface area contributed by atoms with Gasteiger partial charge in [0.15, 0.2) is 69.8 Å². The Morgan fingerprint density at radius 3 is 0.510 bits per heavy atom. The second kappa shape index (κ2) is 13.2. The van der Waals surface area contributed by atoms with Crippen LogP contribution < -0.4 is 0 Å². The van der Waals surface area contributed by atoms with E-state index in [4.69, 9.17) is 0 Å². The molecular formula is C24Cl2F24Zn. The van der Waals surface area contributed by atoms with Crippen molar-refractivity contribution in [2.24, 2.45) is 0 Å². The van der Waals surface area contributed by atoms with Gasteiger partial charge in [0.05, 0.1) is 0 Å². The van der Waals surface area contributed by atoms with Crippen LogP contribution >= 0.6 is 23.2 Å². The summed E-state index contributed by atoms with van der Waals surface area (Å²) in [7, 11) is 0. The standard InChI is InChI=1S/C16F16.C8Cl2F8.Zn/c17-5-1-6(18)8(20)2(7(5)19)15(29,30)16(31,32)4-11(23)9(21)3(10(22)12(4)24)14(27,28)13(1,25)26;9-7(15,16)1-3(11)5(13)2(8(10,17)18)6(14)4(1)12;. The first-order valence-corrected chi connectivity index (χ1v) is 12.2. The fourth-order valence-corrected chi connectivity index (χ4v) is 4.46. The molecule has 7 rings (SSSR count). The van der Waals surface area contributed by atoms with Crippen molar-refractivity contribution in [3.8, 4) is 0 Å². The third-order valence-corrected chi connectivity index (χ3v) is 6.78. The Hall–Kier alpha value is -2.82. The average Bonchev–Trinajstić information content (AvgIpc) is 2.92. The first kappa shape index (κ1) is 44.3. The minimum Gasteiger partial charge on any atom is -0.203 e. The number of benzene rings is 3. The second-order valence-corrected chi connectivity index (χ2v) is 10.3. The fourth-order valence-electron chi connectivity index (χ4n) is 4.12. The van der Waals surface area contributed by atoms with Gasteiger partial charge in [-0.15, -0.1) is 0 Å². The van der Waals surface area contributed by atoms with Crippen molar-refractivity contribution in [3.63, 3.8) is 0 Å². The molecule has 51 heavy (non-hydrogen) atoms. The van der Waals surface area contributed by atoms with Crippen LogP contribution in [0, 0.1) is 69.8 Å². The molecule has 3 aromatic rings. The Morgan fingerprint density at radius 1 is 0.294 bits per heavy atom. The van der Waals surface area contributed by atoms with Crippen molar-refractivity contribution in [2.45, 2.75) is 34.5 Å². The summed E-state index contributed by atoms with van der Waals surface area (Å²) in [6.45, 7) is 0. The molecule has 0 unspecified atom stereocenters. The van der Waals surface area contributed by atoms with Gasteiger partial charge in [0.1, 0.15) is 33.4 Å². The SMILES string of the molecule is Fc1c(F)c(C(F)(F)Cl)c(F)c(F)c1C(F)(F)Cl.Fc1c(F)c2c(F)c(F)c1C(F)(F)C(F)(F)c1c(F)c(F)c(c(F)c1F)C(F)(F)C2(F)F.[Zn]. The zero-order chi connectivity index (χ0) is 39.4. The van der Waals surface area contributed by atoms with Gasteiger partial charge >= 0.3 is 34.5 Å². The van der Waals surface area contributed by atoms with Gasteiger partial charge in [-0.05, 0) is 23.2 Å². The first-order chi connectivity index (χ1) is 22.2. The number of hydrogen-bond donors (Lipinski definition) is 0. The molecular weight excluding hydrogens is 881 g/mol. The molecule has 3 aromatic carbocycles. The summed E-state index contributed by atoms with van der Waals surface area (Å²) in [5.41, 5.74) is -20.1. The molecule has 0 radical (unpaired) electrons. The van der Waals surface area contributed by atoms with E-state index in [0.717, 1.165) is 0 Å². The Morgan fingerprint density at radius 2 is 0.412 bits per heavy atom. The quantitative estimate of drug-likeness (QED) is 0.104. The smallest absolute Gasteiger partial charge is 0.203 e. The number of alkyl halides is 14. The third-order valence-electron chi connectivity index (χ3n) is 6.40. The molecule has 0 aliphatic heterocycles. The van der Waals surface area contributed by atoms with Gasteiger partial charge in [-0.2, -0.15) is 52.7 Å². The molecule has 4 aliphatic rings. The number of halogens is 26. The van der Waals surface area contributed by atoms with Gasteiger partial charge in [0, 0.05) is 19.5 Å². The molecule has 0 N–H and O–H groups in total. The molecule has 0 spiro atoms. The molecule has 4 aliphatic carbocycles. The Kier molecular flexibility index (Phi) is 11.5. The van der Waals surface area contributed by atoms with Gasteiger partial charge in [0.2, 0.25) is 0 Å². The maximum atomic E-state index is 14.2. The van der Waals surface area contributed by atoms with Crippen molar-refractivity contribution in [3.05, 3.63) is 103 Å². The minimum absolute atomic E-state index is 0. The van der Waals surface area contributed by atoms with Crippen molar-refractivity contribution in [1.82, 2.24) is 0 Å². The van der Waals surface area contributed by atoms with Crippen LogP contribution in [0.25, 0.3) is 0 Å². The first-order valence-electron chi connectivity index (χ1n) is 11.4. The van der Waals surface area contributed by atoms with E-state index in [0.29, 0.717) is 0 Å². The molecule has 0 heterocycles. The third kappa shape index (κ3) is 6.35. The van der Waals surface area contributed by atoms with E-state index in [1.807, 2.05) is 0 Å². The van der Waals surface area contributed by atoms with Gasteiger partial charge in [-0.25, -0.2) is 52.7 Å². The minimum atomic E-state index is -6.82. The molecule has 0 saturated carbocycles. The van der Waals surface area contributed by atoms with Crippen LogP contribution in [-0.2, 0) is 53.9 Å². The van der Waals surface area contributed by atoms with Crippen molar-refractivity contribution >= 4 is 23.2 Å². The summed E-state index contributed by atoms with van der Waals surface area (Å²) in [6.07, 6.45) is 0. The molecule has 280 valence electrons. The summed E-state index contributed by atoms with van der Waals surface area (Å²) in [6, 6.07) is 0. The van der Waals surface area contributed by atoms with Crippen molar-refractivity contribution in [1.29, 1.82) is 0 Å². The summed E-state index contributed by atoms with van der Waals surface area (Å²) in [4.78, 5) is 0. The van der Waals surface area contributed by atoms with E-state index in [1.165, 1.54) is 0 Å². The van der Waals surface area contributed by atoms with Crippen LogP contribution in [0.2, 0.25) is 0 Å². The molecule has 0 amide bonds. The molecule has 4 bridgehead atoms. The summed E-state index contributed by atoms with van der Waals surface area (Å²) in [5.74, 6) is -68.4. The molecule has 0 fully saturated rings. The monoisotopic (exact) mass is 878 g/mol. The number of hydrogen-bond acceptors (Lipinski definition) is 0. The largest absolute Gasteiger partial charge is 0.354 e. The van der Waals surface area contributed by atoms with E-state index in [1.54, 1.807) is 0 Å². The predicted molar refractivity (Wildman–Crippen MR) is 114 cm³/mol. The maximum Gasteiger partial charge on any atom is 0.354 e. The van der Waals surface area contributed by atoms with E-state index in [2.05, 4.69) is 23.2 Å². The van der Waals surface area contributed by atoms with Crippen LogP contribution in [0.5, 0.6) is 0 Å².